The average Bonchev–Trinajstić information content (AvgIpc) is 2.88. The zero-order chi connectivity index (χ0) is 23.3. The predicted molar refractivity (Wildman–Crippen MR) is 126 cm³/mol. The summed E-state index contributed by atoms with van der Waals surface area (Å²) in [4.78, 5) is 14.4. The van der Waals surface area contributed by atoms with Crippen molar-refractivity contribution in [3.8, 4) is 22.6 Å². The lowest BCUT2D eigenvalue weighted by atomic mass is 10.1. The Labute approximate surface area is 194 Å². The molecule has 1 aliphatic rings. The lowest BCUT2D eigenvalue weighted by molar-refractivity contribution is -0.134. The van der Waals surface area contributed by atoms with E-state index in [1.165, 1.54) is 23.5 Å². The molecule has 7 nitrogen and oxygen atoms in total. The van der Waals surface area contributed by atoms with Gasteiger partial charge >= 0.3 is 0 Å². The molecule has 0 N–H and O–H groups in total. The van der Waals surface area contributed by atoms with Crippen LogP contribution >= 0.6 is 0 Å². The van der Waals surface area contributed by atoms with Gasteiger partial charge < -0.3 is 14.4 Å². The number of sulfonamides is 1. The Kier molecular flexibility index (Phi) is 6.96. The monoisotopic (exact) mass is 466 g/mol. The van der Waals surface area contributed by atoms with Crippen LogP contribution in [0.15, 0.2) is 83.8 Å². The van der Waals surface area contributed by atoms with E-state index in [0.29, 0.717) is 24.6 Å². The standard InChI is InChI=1S/C25H26N2O5S/c1-31-22-11-13-24(14-12-22)33(29,30)27-17-15-26(16-18-27)25(28)19-32-23-9-7-21(8-10-23)20-5-3-2-4-6-20/h2-14H,15-19H2,1H3. The first-order valence-corrected chi connectivity index (χ1v) is 12.1. The summed E-state index contributed by atoms with van der Waals surface area (Å²) in [5.74, 6) is 1.05. The van der Waals surface area contributed by atoms with Crippen LogP contribution in [0.4, 0.5) is 0 Å². The molecule has 33 heavy (non-hydrogen) atoms. The summed E-state index contributed by atoms with van der Waals surface area (Å²) in [5, 5.41) is 0. The number of methoxy groups -OCH3 is 1. The molecule has 4 rings (SSSR count). The zero-order valence-electron chi connectivity index (χ0n) is 18.4. The van der Waals surface area contributed by atoms with Crippen molar-refractivity contribution in [2.24, 2.45) is 0 Å². The van der Waals surface area contributed by atoms with Gasteiger partial charge in [0.1, 0.15) is 11.5 Å². The second-order valence-corrected chi connectivity index (χ2v) is 9.58. The summed E-state index contributed by atoms with van der Waals surface area (Å²) in [6.07, 6.45) is 0. The van der Waals surface area contributed by atoms with Crippen molar-refractivity contribution in [1.29, 1.82) is 0 Å². The highest BCUT2D eigenvalue weighted by molar-refractivity contribution is 7.89. The maximum absolute atomic E-state index is 12.9. The Morgan fingerprint density at radius 1 is 0.788 bits per heavy atom. The third-order valence-corrected chi connectivity index (χ3v) is 7.53. The van der Waals surface area contributed by atoms with E-state index in [2.05, 4.69) is 0 Å². The molecule has 0 aliphatic carbocycles. The minimum Gasteiger partial charge on any atom is -0.497 e. The maximum atomic E-state index is 12.9. The summed E-state index contributed by atoms with van der Waals surface area (Å²) in [5.41, 5.74) is 2.19. The number of piperazine rings is 1. The Morgan fingerprint density at radius 2 is 1.36 bits per heavy atom. The van der Waals surface area contributed by atoms with Gasteiger partial charge in [-0.3, -0.25) is 4.79 Å². The number of rotatable bonds is 7. The van der Waals surface area contributed by atoms with Crippen LogP contribution in [0.1, 0.15) is 0 Å². The Morgan fingerprint density at radius 3 is 1.97 bits per heavy atom. The van der Waals surface area contributed by atoms with E-state index < -0.39 is 10.0 Å². The van der Waals surface area contributed by atoms with Crippen LogP contribution in [0, 0.1) is 0 Å². The maximum Gasteiger partial charge on any atom is 0.260 e. The van der Waals surface area contributed by atoms with Gasteiger partial charge in [-0.05, 0) is 47.5 Å². The summed E-state index contributed by atoms with van der Waals surface area (Å²) in [7, 11) is -2.08. The smallest absolute Gasteiger partial charge is 0.260 e. The molecule has 8 heteroatoms. The Bertz CT molecular complexity index is 1170. The van der Waals surface area contributed by atoms with Crippen molar-refractivity contribution >= 4 is 15.9 Å². The van der Waals surface area contributed by atoms with Crippen LogP contribution in [0.2, 0.25) is 0 Å². The zero-order valence-corrected chi connectivity index (χ0v) is 19.2. The molecular weight excluding hydrogens is 440 g/mol. The molecule has 172 valence electrons. The number of hydrogen-bond acceptors (Lipinski definition) is 5. The molecule has 1 amide bonds. The summed E-state index contributed by atoms with van der Waals surface area (Å²) in [6, 6.07) is 23.9. The van der Waals surface area contributed by atoms with Gasteiger partial charge in [-0.1, -0.05) is 42.5 Å². The molecule has 0 atom stereocenters. The van der Waals surface area contributed by atoms with E-state index >= 15 is 0 Å². The quantitative estimate of drug-likeness (QED) is 0.534. The van der Waals surface area contributed by atoms with Crippen LogP contribution in [0.25, 0.3) is 11.1 Å². The van der Waals surface area contributed by atoms with Crippen molar-refractivity contribution in [1.82, 2.24) is 9.21 Å². The highest BCUT2D eigenvalue weighted by atomic mass is 32.2. The number of nitrogens with zero attached hydrogens (tertiary/aromatic N) is 2. The first-order valence-electron chi connectivity index (χ1n) is 10.7. The van der Waals surface area contributed by atoms with Crippen LogP contribution in [0.5, 0.6) is 11.5 Å². The minimum absolute atomic E-state index is 0.0874. The third-order valence-electron chi connectivity index (χ3n) is 5.61. The van der Waals surface area contributed by atoms with Crippen molar-refractivity contribution < 1.29 is 22.7 Å². The molecule has 3 aromatic carbocycles. The molecule has 1 saturated heterocycles. The van der Waals surface area contributed by atoms with Gasteiger partial charge in [-0.2, -0.15) is 4.31 Å². The number of ether oxygens (including phenoxy) is 2. The molecule has 0 unspecified atom stereocenters. The van der Waals surface area contributed by atoms with Crippen molar-refractivity contribution in [2.75, 3.05) is 39.9 Å². The fourth-order valence-electron chi connectivity index (χ4n) is 3.69. The predicted octanol–water partition coefficient (Wildman–Crippen LogP) is 3.27. The highest BCUT2D eigenvalue weighted by Crippen LogP contribution is 2.23. The van der Waals surface area contributed by atoms with E-state index in [-0.39, 0.29) is 30.5 Å². The number of carbonyl (C=O) groups excluding carboxylic acids is 1. The number of amides is 1. The Balaban J connectivity index is 1.28. The van der Waals surface area contributed by atoms with Crippen molar-refractivity contribution in [2.45, 2.75) is 4.90 Å². The number of benzene rings is 3. The largest absolute Gasteiger partial charge is 0.497 e. The normalized spacial score (nSPS) is 14.6. The molecule has 1 fully saturated rings. The second kappa shape index (κ2) is 10.1. The molecule has 0 radical (unpaired) electrons. The molecule has 0 saturated carbocycles. The van der Waals surface area contributed by atoms with Gasteiger partial charge in [0, 0.05) is 26.2 Å². The van der Waals surface area contributed by atoms with E-state index in [0.717, 1.165) is 11.1 Å². The third kappa shape index (κ3) is 5.35. The lowest BCUT2D eigenvalue weighted by Gasteiger charge is -2.34. The van der Waals surface area contributed by atoms with Gasteiger partial charge in [-0.15, -0.1) is 0 Å². The molecule has 1 heterocycles. The SMILES string of the molecule is COc1ccc(S(=O)(=O)N2CCN(C(=O)COc3ccc(-c4ccccc4)cc3)CC2)cc1. The van der Waals surface area contributed by atoms with Crippen LogP contribution in [-0.4, -0.2) is 63.4 Å². The van der Waals surface area contributed by atoms with Crippen molar-refractivity contribution in [3.63, 3.8) is 0 Å². The molecular formula is C25H26N2O5S. The van der Waals surface area contributed by atoms with Gasteiger partial charge in [-0.25, -0.2) is 8.42 Å². The van der Waals surface area contributed by atoms with Gasteiger partial charge in [0.2, 0.25) is 10.0 Å². The van der Waals surface area contributed by atoms with E-state index in [4.69, 9.17) is 9.47 Å². The minimum atomic E-state index is -3.61. The van der Waals surface area contributed by atoms with E-state index in [1.807, 2.05) is 54.6 Å². The van der Waals surface area contributed by atoms with E-state index in [9.17, 15) is 13.2 Å². The molecule has 1 aliphatic heterocycles. The first-order chi connectivity index (χ1) is 16.0. The topological polar surface area (TPSA) is 76.2 Å². The Hall–Kier alpha value is -3.36. The van der Waals surface area contributed by atoms with Gasteiger partial charge in [0.25, 0.3) is 5.91 Å². The van der Waals surface area contributed by atoms with Crippen LogP contribution in [-0.2, 0) is 14.8 Å². The highest BCUT2D eigenvalue weighted by Gasteiger charge is 2.30. The second-order valence-electron chi connectivity index (χ2n) is 7.64. The van der Waals surface area contributed by atoms with Gasteiger partial charge in [0.15, 0.2) is 6.61 Å². The summed E-state index contributed by atoms with van der Waals surface area (Å²) < 4.78 is 37.9. The number of hydrogen-bond donors (Lipinski definition) is 0. The molecule has 0 bridgehead atoms. The molecule has 0 spiro atoms. The van der Waals surface area contributed by atoms with E-state index in [1.54, 1.807) is 17.0 Å². The van der Waals surface area contributed by atoms with Crippen LogP contribution < -0.4 is 9.47 Å². The van der Waals surface area contributed by atoms with Crippen molar-refractivity contribution in [3.05, 3.63) is 78.9 Å². The fraction of sp³-hybridized carbons (Fsp3) is 0.240. The van der Waals surface area contributed by atoms with Crippen LogP contribution in [0.3, 0.4) is 0 Å². The summed E-state index contributed by atoms with van der Waals surface area (Å²) in [6.45, 7) is 1.04. The average molecular weight is 467 g/mol. The summed E-state index contributed by atoms with van der Waals surface area (Å²) >= 11 is 0. The number of carbonyl (C=O) groups is 1. The first kappa shape index (κ1) is 22.8. The van der Waals surface area contributed by atoms with Gasteiger partial charge in [0.05, 0.1) is 12.0 Å². The molecule has 0 aromatic heterocycles. The lowest BCUT2D eigenvalue weighted by Crippen LogP contribution is -2.51. The molecule has 3 aromatic rings. The fourth-order valence-corrected chi connectivity index (χ4v) is 5.11.